The second-order valence-electron chi connectivity index (χ2n) is 2.75. The third-order valence-corrected chi connectivity index (χ3v) is 1.78. The maximum atomic E-state index is 10.6. The van der Waals surface area contributed by atoms with E-state index < -0.39 is 11.9 Å². The van der Waals surface area contributed by atoms with Crippen molar-refractivity contribution in [2.24, 2.45) is 5.92 Å². The highest BCUT2D eigenvalue weighted by Gasteiger charge is 2.13. The van der Waals surface area contributed by atoms with Gasteiger partial charge in [0.1, 0.15) is 0 Å². The van der Waals surface area contributed by atoms with Gasteiger partial charge in [0.15, 0.2) is 0 Å². The Morgan fingerprint density at radius 1 is 1.77 bits per heavy atom. The van der Waals surface area contributed by atoms with Crippen molar-refractivity contribution in [3.63, 3.8) is 0 Å². The molecule has 3 heteroatoms. The highest BCUT2D eigenvalue weighted by molar-refractivity contribution is 5.72. The number of carbonyl (C=O) groups is 1. The third-order valence-electron chi connectivity index (χ3n) is 1.78. The van der Waals surface area contributed by atoms with E-state index in [9.17, 15) is 4.79 Å². The fraction of sp³-hybridized carbons (Fsp3) is 0.200. The molecule has 0 amide bonds. The van der Waals surface area contributed by atoms with Gasteiger partial charge in [0.25, 0.3) is 0 Å². The standard InChI is InChI=1S/C10H11NO2/c1-2-9(10(12)13)6-8-4-3-5-11-7-8/h2-5,7,9H,1,6H2,(H,12,13)/t9-/m0/s1. The fourth-order valence-electron chi connectivity index (χ4n) is 1.04. The van der Waals surface area contributed by atoms with Gasteiger partial charge in [-0.25, -0.2) is 0 Å². The lowest BCUT2D eigenvalue weighted by molar-refractivity contribution is -0.140. The van der Waals surface area contributed by atoms with E-state index >= 15 is 0 Å². The fourth-order valence-corrected chi connectivity index (χ4v) is 1.04. The molecule has 0 spiro atoms. The molecule has 0 saturated heterocycles. The molecule has 3 nitrogen and oxygen atoms in total. The molecule has 0 aliphatic heterocycles. The number of aliphatic carboxylic acids is 1. The van der Waals surface area contributed by atoms with Crippen LogP contribution in [0.1, 0.15) is 5.56 Å². The average molecular weight is 177 g/mol. The molecule has 0 unspecified atom stereocenters. The van der Waals surface area contributed by atoms with Gasteiger partial charge in [-0.15, -0.1) is 6.58 Å². The summed E-state index contributed by atoms with van der Waals surface area (Å²) in [5, 5.41) is 8.74. The summed E-state index contributed by atoms with van der Waals surface area (Å²) in [4.78, 5) is 14.5. The van der Waals surface area contributed by atoms with Crippen molar-refractivity contribution in [3.8, 4) is 0 Å². The smallest absolute Gasteiger partial charge is 0.310 e. The Labute approximate surface area is 76.7 Å². The minimum absolute atomic E-state index is 0.451. The van der Waals surface area contributed by atoms with Crippen LogP contribution in [0.25, 0.3) is 0 Å². The van der Waals surface area contributed by atoms with Crippen molar-refractivity contribution >= 4 is 5.97 Å². The van der Waals surface area contributed by atoms with Gasteiger partial charge in [-0.3, -0.25) is 9.78 Å². The Balaban J connectivity index is 2.67. The summed E-state index contributed by atoms with van der Waals surface area (Å²) in [6.45, 7) is 3.48. The molecule has 1 heterocycles. The number of rotatable bonds is 4. The second kappa shape index (κ2) is 4.40. The molecule has 1 aromatic heterocycles. The highest BCUT2D eigenvalue weighted by Crippen LogP contribution is 2.08. The molecule has 1 aromatic rings. The van der Waals surface area contributed by atoms with E-state index in [1.807, 2.05) is 6.07 Å². The van der Waals surface area contributed by atoms with Crippen LogP contribution in [0.4, 0.5) is 0 Å². The zero-order chi connectivity index (χ0) is 9.68. The monoisotopic (exact) mass is 177 g/mol. The number of aromatic nitrogens is 1. The van der Waals surface area contributed by atoms with Gasteiger partial charge in [0.05, 0.1) is 5.92 Å². The van der Waals surface area contributed by atoms with Crippen LogP contribution in [0.2, 0.25) is 0 Å². The summed E-state index contributed by atoms with van der Waals surface area (Å²) in [7, 11) is 0. The maximum Gasteiger partial charge on any atom is 0.310 e. The third kappa shape index (κ3) is 2.71. The number of carboxylic acids is 1. The average Bonchev–Trinajstić information content (AvgIpc) is 2.15. The lowest BCUT2D eigenvalue weighted by Gasteiger charge is -2.05. The predicted octanol–water partition coefficient (Wildman–Crippen LogP) is 1.51. The Bertz CT molecular complexity index is 295. The minimum Gasteiger partial charge on any atom is -0.481 e. The molecular formula is C10H11NO2. The molecule has 0 aliphatic rings. The zero-order valence-corrected chi connectivity index (χ0v) is 7.18. The normalized spacial score (nSPS) is 12.0. The van der Waals surface area contributed by atoms with E-state index in [2.05, 4.69) is 11.6 Å². The Morgan fingerprint density at radius 3 is 3.00 bits per heavy atom. The molecular weight excluding hydrogens is 166 g/mol. The second-order valence-corrected chi connectivity index (χ2v) is 2.75. The number of nitrogens with zero attached hydrogens (tertiary/aromatic N) is 1. The lowest BCUT2D eigenvalue weighted by Crippen LogP contribution is -2.13. The summed E-state index contributed by atoms with van der Waals surface area (Å²) in [5.74, 6) is -1.37. The van der Waals surface area contributed by atoms with E-state index in [0.29, 0.717) is 6.42 Å². The summed E-state index contributed by atoms with van der Waals surface area (Å²) in [6.07, 6.45) is 5.22. The van der Waals surface area contributed by atoms with Crippen LogP contribution in [0, 0.1) is 5.92 Å². The molecule has 0 fully saturated rings. The molecule has 13 heavy (non-hydrogen) atoms. The van der Waals surface area contributed by atoms with Crippen LogP contribution in [0.15, 0.2) is 37.2 Å². The highest BCUT2D eigenvalue weighted by atomic mass is 16.4. The summed E-state index contributed by atoms with van der Waals surface area (Å²) in [6, 6.07) is 3.64. The van der Waals surface area contributed by atoms with E-state index in [-0.39, 0.29) is 0 Å². The van der Waals surface area contributed by atoms with Crippen molar-refractivity contribution in [3.05, 3.63) is 42.7 Å². The topological polar surface area (TPSA) is 50.2 Å². The first kappa shape index (κ1) is 9.45. The van der Waals surface area contributed by atoms with Gasteiger partial charge >= 0.3 is 5.97 Å². The van der Waals surface area contributed by atoms with E-state index in [4.69, 9.17) is 5.11 Å². The molecule has 0 aliphatic carbocycles. The molecule has 0 bridgehead atoms. The van der Waals surface area contributed by atoms with Crippen LogP contribution in [0.3, 0.4) is 0 Å². The number of hydrogen-bond acceptors (Lipinski definition) is 2. The Kier molecular flexibility index (Phi) is 3.20. The summed E-state index contributed by atoms with van der Waals surface area (Å²) < 4.78 is 0. The molecule has 68 valence electrons. The Morgan fingerprint density at radius 2 is 2.54 bits per heavy atom. The number of pyridine rings is 1. The minimum atomic E-state index is -0.848. The predicted molar refractivity (Wildman–Crippen MR) is 49.3 cm³/mol. The molecule has 1 atom stereocenters. The van der Waals surface area contributed by atoms with Gasteiger partial charge in [0.2, 0.25) is 0 Å². The van der Waals surface area contributed by atoms with E-state index in [1.54, 1.807) is 18.5 Å². The number of carboxylic acid groups (broad SMARTS) is 1. The van der Waals surface area contributed by atoms with Crippen LogP contribution >= 0.6 is 0 Å². The van der Waals surface area contributed by atoms with Crippen molar-refractivity contribution in [2.45, 2.75) is 6.42 Å². The van der Waals surface area contributed by atoms with Gasteiger partial charge in [-0.05, 0) is 18.1 Å². The molecule has 0 aromatic carbocycles. The largest absolute Gasteiger partial charge is 0.481 e. The van der Waals surface area contributed by atoms with Gasteiger partial charge in [-0.2, -0.15) is 0 Å². The van der Waals surface area contributed by atoms with Gasteiger partial charge < -0.3 is 5.11 Å². The quantitative estimate of drug-likeness (QED) is 0.709. The number of hydrogen-bond donors (Lipinski definition) is 1. The Hall–Kier alpha value is -1.64. The first-order chi connectivity index (χ1) is 6.24. The van der Waals surface area contributed by atoms with Crippen molar-refractivity contribution in [2.75, 3.05) is 0 Å². The van der Waals surface area contributed by atoms with Crippen LogP contribution in [-0.4, -0.2) is 16.1 Å². The van der Waals surface area contributed by atoms with Crippen molar-refractivity contribution in [1.29, 1.82) is 0 Å². The SMILES string of the molecule is C=C[C@@H](Cc1cccnc1)C(=O)O. The maximum absolute atomic E-state index is 10.6. The molecule has 0 radical (unpaired) electrons. The zero-order valence-electron chi connectivity index (χ0n) is 7.18. The molecule has 1 rings (SSSR count). The van der Waals surface area contributed by atoms with Crippen molar-refractivity contribution in [1.82, 2.24) is 4.98 Å². The van der Waals surface area contributed by atoms with Crippen LogP contribution < -0.4 is 0 Å². The van der Waals surface area contributed by atoms with Crippen LogP contribution in [0.5, 0.6) is 0 Å². The summed E-state index contributed by atoms with van der Waals surface area (Å²) in [5.41, 5.74) is 0.912. The first-order valence-electron chi connectivity index (χ1n) is 3.98. The molecule has 0 saturated carbocycles. The van der Waals surface area contributed by atoms with Crippen molar-refractivity contribution < 1.29 is 9.90 Å². The van der Waals surface area contributed by atoms with E-state index in [1.165, 1.54) is 6.08 Å². The van der Waals surface area contributed by atoms with Crippen LogP contribution in [-0.2, 0) is 11.2 Å². The van der Waals surface area contributed by atoms with E-state index in [0.717, 1.165) is 5.56 Å². The first-order valence-corrected chi connectivity index (χ1v) is 3.98. The molecule has 1 N–H and O–H groups in total. The van der Waals surface area contributed by atoms with Gasteiger partial charge in [-0.1, -0.05) is 12.1 Å². The lowest BCUT2D eigenvalue weighted by atomic mass is 10.0. The van der Waals surface area contributed by atoms with Gasteiger partial charge in [0, 0.05) is 12.4 Å². The summed E-state index contributed by atoms with van der Waals surface area (Å²) >= 11 is 0.